The quantitative estimate of drug-likeness (QED) is 0.735. The summed E-state index contributed by atoms with van der Waals surface area (Å²) in [6, 6.07) is 0. The van der Waals surface area contributed by atoms with Gasteiger partial charge in [0.1, 0.15) is 6.33 Å². The van der Waals surface area contributed by atoms with Crippen LogP contribution in [0.4, 0.5) is 11.5 Å². The summed E-state index contributed by atoms with van der Waals surface area (Å²) in [4.78, 5) is 9.02. The van der Waals surface area contributed by atoms with Crippen LogP contribution >= 0.6 is 0 Å². The second kappa shape index (κ2) is 4.81. The third-order valence-electron chi connectivity index (χ3n) is 3.73. The zero-order valence-electron chi connectivity index (χ0n) is 11.7. The smallest absolute Gasteiger partial charge is 0.198 e. The number of fused-ring (bicyclic) bond motifs is 1. The Labute approximate surface area is 121 Å². The number of aromatic nitrogens is 6. The van der Waals surface area contributed by atoms with Crippen LogP contribution in [-0.4, -0.2) is 42.5 Å². The Morgan fingerprint density at radius 2 is 2.29 bits per heavy atom. The molecule has 3 aromatic heterocycles. The molecule has 0 saturated carbocycles. The highest BCUT2D eigenvalue weighted by Crippen LogP contribution is 2.24. The lowest BCUT2D eigenvalue weighted by Gasteiger charge is -2.11. The van der Waals surface area contributed by atoms with Gasteiger partial charge in [0, 0.05) is 25.7 Å². The molecular weight excluding hydrogens is 268 g/mol. The van der Waals surface area contributed by atoms with Crippen molar-refractivity contribution in [1.29, 1.82) is 0 Å². The molecule has 0 radical (unpaired) electrons. The average Bonchev–Trinajstić information content (AvgIpc) is 3.18. The molecule has 1 aliphatic heterocycles. The monoisotopic (exact) mass is 284 g/mol. The molecule has 0 aromatic carbocycles. The maximum Gasteiger partial charge on any atom is 0.198 e. The fourth-order valence-electron chi connectivity index (χ4n) is 2.66. The van der Waals surface area contributed by atoms with Crippen molar-refractivity contribution < 1.29 is 0 Å². The summed E-state index contributed by atoms with van der Waals surface area (Å²) in [6.07, 6.45) is 8.27. The summed E-state index contributed by atoms with van der Waals surface area (Å²) in [6.45, 7) is 1.99. The Balaban J connectivity index is 1.76. The molecule has 0 aliphatic carbocycles. The SMILES string of the molecule is Cn1cc(Nc2nc([C@H]3CCNC3)cn3ncnc23)cn1. The lowest BCUT2D eigenvalue weighted by molar-refractivity contribution is 0.721. The molecule has 1 fully saturated rings. The number of rotatable bonds is 3. The lowest BCUT2D eigenvalue weighted by Crippen LogP contribution is -2.11. The molecule has 0 spiro atoms. The maximum atomic E-state index is 4.75. The molecule has 0 amide bonds. The van der Waals surface area contributed by atoms with Crippen molar-refractivity contribution in [3.63, 3.8) is 0 Å². The number of hydrogen-bond acceptors (Lipinski definition) is 6. The normalized spacial score (nSPS) is 18.4. The van der Waals surface area contributed by atoms with Gasteiger partial charge in [-0.1, -0.05) is 0 Å². The number of nitrogens with one attached hydrogen (secondary N) is 2. The van der Waals surface area contributed by atoms with Gasteiger partial charge in [0.2, 0.25) is 0 Å². The zero-order valence-corrected chi connectivity index (χ0v) is 11.7. The Morgan fingerprint density at radius 1 is 1.33 bits per heavy atom. The minimum absolute atomic E-state index is 0.424. The van der Waals surface area contributed by atoms with Gasteiger partial charge < -0.3 is 10.6 Å². The van der Waals surface area contributed by atoms with Crippen LogP contribution in [-0.2, 0) is 7.05 Å². The van der Waals surface area contributed by atoms with E-state index in [1.807, 2.05) is 19.4 Å². The maximum absolute atomic E-state index is 4.75. The number of hydrogen-bond donors (Lipinski definition) is 2. The van der Waals surface area contributed by atoms with E-state index in [2.05, 4.69) is 25.8 Å². The first kappa shape index (κ1) is 12.3. The highest BCUT2D eigenvalue weighted by molar-refractivity contribution is 5.68. The van der Waals surface area contributed by atoms with E-state index >= 15 is 0 Å². The van der Waals surface area contributed by atoms with Gasteiger partial charge in [-0.05, 0) is 13.0 Å². The van der Waals surface area contributed by atoms with Gasteiger partial charge in [-0.2, -0.15) is 10.2 Å². The first-order chi connectivity index (χ1) is 10.3. The van der Waals surface area contributed by atoms with E-state index in [9.17, 15) is 0 Å². The van der Waals surface area contributed by atoms with Crippen LogP contribution in [0.25, 0.3) is 5.65 Å². The van der Waals surface area contributed by atoms with Crippen LogP contribution in [0.1, 0.15) is 18.0 Å². The predicted molar refractivity (Wildman–Crippen MR) is 77.5 cm³/mol. The standard InChI is InChI=1S/C13H16N8/c1-20-6-10(5-16-20)18-12-13-15-8-17-21(13)7-11(19-12)9-2-3-14-4-9/h5-9,14H,2-4H2,1H3,(H,18,19)/t9-/m0/s1. The van der Waals surface area contributed by atoms with Gasteiger partial charge in [0.25, 0.3) is 0 Å². The summed E-state index contributed by atoms with van der Waals surface area (Å²) in [5.41, 5.74) is 2.63. The van der Waals surface area contributed by atoms with Crippen LogP contribution < -0.4 is 10.6 Å². The Morgan fingerprint density at radius 3 is 3.05 bits per heavy atom. The molecule has 3 aromatic rings. The molecule has 1 aliphatic rings. The number of anilines is 2. The molecule has 108 valence electrons. The molecule has 8 heteroatoms. The lowest BCUT2D eigenvalue weighted by atomic mass is 10.1. The van der Waals surface area contributed by atoms with Crippen LogP contribution in [0.5, 0.6) is 0 Å². The molecule has 1 atom stereocenters. The predicted octanol–water partition coefficient (Wildman–Crippen LogP) is 0.678. The van der Waals surface area contributed by atoms with Gasteiger partial charge in [0.05, 0.1) is 23.8 Å². The highest BCUT2D eigenvalue weighted by Gasteiger charge is 2.20. The third kappa shape index (κ3) is 2.23. The summed E-state index contributed by atoms with van der Waals surface area (Å²) >= 11 is 0. The van der Waals surface area contributed by atoms with Crippen molar-refractivity contribution in [2.45, 2.75) is 12.3 Å². The minimum Gasteiger partial charge on any atom is -0.334 e. The van der Waals surface area contributed by atoms with Gasteiger partial charge in [0.15, 0.2) is 11.5 Å². The van der Waals surface area contributed by atoms with Crippen LogP contribution in [0, 0.1) is 0 Å². The second-order valence-corrected chi connectivity index (χ2v) is 5.26. The first-order valence-electron chi connectivity index (χ1n) is 6.96. The summed E-state index contributed by atoms with van der Waals surface area (Å²) in [5, 5.41) is 15.0. The summed E-state index contributed by atoms with van der Waals surface area (Å²) < 4.78 is 3.52. The molecular formula is C13H16N8. The van der Waals surface area contributed by atoms with Crippen molar-refractivity contribution in [2.75, 3.05) is 18.4 Å². The van der Waals surface area contributed by atoms with Crippen molar-refractivity contribution in [1.82, 2.24) is 34.7 Å². The van der Waals surface area contributed by atoms with E-state index < -0.39 is 0 Å². The molecule has 0 unspecified atom stereocenters. The second-order valence-electron chi connectivity index (χ2n) is 5.26. The minimum atomic E-state index is 0.424. The molecule has 4 heterocycles. The molecule has 0 bridgehead atoms. The van der Waals surface area contributed by atoms with E-state index in [1.165, 1.54) is 0 Å². The van der Waals surface area contributed by atoms with Gasteiger partial charge >= 0.3 is 0 Å². The largest absolute Gasteiger partial charge is 0.334 e. The van der Waals surface area contributed by atoms with Crippen LogP contribution in [0.3, 0.4) is 0 Å². The number of aryl methyl sites for hydroxylation is 1. The third-order valence-corrected chi connectivity index (χ3v) is 3.73. The van der Waals surface area contributed by atoms with Gasteiger partial charge in [-0.15, -0.1) is 0 Å². The molecule has 21 heavy (non-hydrogen) atoms. The van der Waals surface area contributed by atoms with Gasteiger partial charge in [-0.3, -0.25) is 4.68 Å². The average molecular weight is 284 g/mol. The Hall–Kier alpha value is -2.48. The van der Waals surface area contributed by atoms with E-state index in [-0.39, 0.29) is 0 Å². The van der Waals surface area contributed by atoms with E-state index in [1.54, 1.807) is 21.7 Å². The van der Waals surface area contributed by atoms with Crippen molar-refractivity contribution in [2.24, 2.45) is 7.05 Å². The molecule has 4 rings (SSSR count). The van der Waals surface area contributed by atoms with Crippen LogP contribution in [0.2, 0.25) is 0 Å². The topological polar surface area (TPSA) is 85.0 Å². The van der Waals surface area contributed by atoms with Crippen molar-refractivity contribution >= 4 is 17.2 Å². The Bertz CT molecular complexity index is 767. The summed E-state index contributed by atoms with van der Waals surface area (Å²) in [7, 11) is 1.88. The van der Waals surface area contributed by atoms with E-state index in [4.69, 9.17) is 4.98 Å². The molecule has 8 nitrogen and oxygen atoms in total. The first-order valence-corrected chi connectivity index (χ1v) is 6.96. The fourth-order valence-corrected chi connectivity index (χ4v) is 2.66. The highest BCUT2D eigenvalue weighted by atomic mass is 15.3. The van der Waals surface area contributed by atoms with E-state index in [0.29, 0.717) is 17.4 Å². The van der Waals surface area contributed by atoms with Crippen molar-refractivity contribution in [3.05, 3.63) is 30.6 Å². The van der Waals surface area contributed by atoms with Crippen LogP contribution in [0.15, 0.2) is 24.9 Å². The molecule has 2 N–H and O–H groups in total. The zero-order chi connectivity index (χ0) is 14.2. The fraction of sp³-hybridized carbons (Fsp3) is 0.385. The van der Waals surface area contributed by atoms with Gasteiger partial charge in [-0.25, -0.2) is 14.5 Å². The van der Waals surface area contributed by atoms with E-state index in [0.717, 1.165) is 30.9 Å². The number of nitrogens with zero attached hydrogens (tertiary/aromatic N) is 6. The molecule has 1 saturated heterocycles. The summed E-state index contributed by atoms with van der Waals surface area (Å²) in [5.74, 6) is 1.14. The van der Waals surface area contributed by atoms with Crippen molar-refractivity contribution in [3.8, 4) is 0 Å². The Kier molecular flexibility index (Phi) is 2.81.